The van der Waals surface area contributed by atoms with Gasteiger partial charge in [0.05, 0.1) is 23.4 Å². The summed E-state index contributed by atoms with van der Waals surface area (Å²) in [5.41, 5.74) is 8.11. The van der Waals surface area contributed by atoms with Gasteiger partial charge in [0.25, 0.3) is 0 Å². The molecule has 0 spiro atoms. The first kappa shape index (κ1) is 37.2. The van der Waals surface area contributed by atoms with Gasteiger partial charge in [-0.05, 0) is 68.8 Å². The molecule has 0 saturated carbocycles. The van der Waals surface area contributed by atoms with E-state index in [9.17, 15) is 19.5 Å². The summed E-state index contributed by atoms with van der Waals surface area (Å²) in [4.78, 5) is 46.0. The van der Waals surface area contributed by atoms with Crippen molar-refractivity contribution in [1.29, 1.82) is 0 Å². The molecule has 3 heterocycles. The average Bonchev–Trinajstić information content (AvgIpc) is 3.64. The number of hydrogen-bond acceptors (Lipinski definition) is 7. The standard InChI is InChI=1S/C31H38N6O4.3ClH/c32-13-12-21-14-26(33-17-21)31(41)37-19-24(36-30(40)28(38)11-10-20-6-2-1-3-7-20)16-27(37)29(39)35-23-15-22-8-4-5-9-25(22)34-18-23;;;/h1-9,15,18,21,24,26-28,33,38H,10-14,16-17,19,32H2,(H,35,39)(H,36,40);3*1H/t21?,24-,26+,27+,28-;;;/m1.../s1. The first-order chi connectivity index (χ1) is 19.9. The van der Waals surface area contributed by atoms with Crippen LogP contribution in [0.4, 0.5) is 5.69 Å². The number of aliphatic hydroxyl groups is 1. The number of nitrogens with one attached hydrogen (secondary N) is 3. The van der Waals surface area contributed by atoms with Crippen LogP contribution < -0.4 is 21.7 Å². The zero-order chi connectivity index (χ0) is 28.8. The van der Waals surface area contributed by atoms with Gasteiger partial charge in [0.15, 0.2) is 0 Å². The number of carbonyl (C=O) groups is 3. The normalized spacial score (nSPS) is 21.4. The van der Waals surface area contributed by atoms with Gasteiger partial charge in [-0.3, -0.25) is 19.4 Å². The van der Waals surface area contributed by atoms with Crippen molar-refractivity contribution in [3.05, 3.63) is 72.4 Å². The highest BCUT2D eigenvalue weighted by Crippen LogP contribution is 2.26. The molecule has 3 aromatic rings. The predicted octanol–water partition coefficient (Wildman–Crippen LogP) is 2.85. The van der Waals surface area contributed by atoms with Crippen molar-refractivity contribution >= 4 is 71.5 Å². The molecular weight excluding hydrogens is 627 g/mol. The third-order valence-corrected chi connectivity index (χ3v) is 8.04. The monoisotopic (exact) mass is 666 g/mol. The van der Waals surface area contributed by atoms with Crippen LogP contribution in [0.1, 0.15) is 31.2 Å². The van der Waals surface area contributed by atoms with Crippen LogP contribution in [0.25, 0.3) is 10.9 Å². The molecule has 2 aromatic carbocycles. The van der Waals surface area contributed by atoms with Gasteiger partial charge in [0, 0.05) is 18.0 Å². The maximum Gasteiger partial charge on any atom is 0.249 e. The number of nitrogens with zero attached hydrogens (tertiary/aromatic N) is 2. The molecule has 0 aliphatic carbocycles. The van der Waals surface area contributed by atoms with E-state index in [0.717, 1.165) is 22.9 Å². The minimum atomic E-state index is -1.19. The Labute approximate surface area is 276 Å². The third kappa shape index (κ3) is 9.26. The number of carbonyl (C=O) groups excluding carboxylic acids is 3. The van der Waals surface area contributed by atoms with Crippen LogP contribution in [-0.4, -0.2) is 76.6 Å². The number of para-hydroxylation sites is 1. The van der Waals surface area contributed by atoms with Crippen molar-refractivity contribution in [2.24, 2.45) is 11.7 Å². The summed E-state index contributed by atoms with van der Waals surface area (Å²) in [6.07, 6.45) is 2.98. The molecule has 240 valence electrons. The van der Waals surface area contributed by atoms with Gasteiger partial charge < -0.3 is 31.7 Å². The topological polar surface area (TPSA) is 150 Å². The second kappa shape index (κ2) is 17.5. The lowest BCUT2D eigenvalue weighted by molar-refractivity contribution is -0.138. The van der Waals surface area contributed by atoms with Gasteiger partial charge in [-0.15, -0.1) is 37.2 Å². The molecule has 44 heavy (non-hydrogen) atoms. The molecule has 3 amide bonds. The Kier molecular flexibility index (Phi) is 14.8. The molecule has 1 unspecified atom stereocenters. The van der Waals surface area contributed by atoms with E-state index < -0.39 is 30.1 Å². The highest BCUT2D eigenvalue weighted by atomic mass is 35.5. The van der Waals surface area contributed by atoms with Crippen molar-refractivity contribution < 1.29 is 19.5 Å². The SMILES string of the molecule is Cl.Cl.Cl.NCCC1CN[C@H](C(=O)N2C[C@H](NC(=O)[C@H](O)CCc3ccccc3)C[C@H]2C(=O)Nc2cnc3ccccc3c2)C1. The number of likely N-dealkylation sites (tertiary alicyclic amines) is 1. The molecule has 2 aliphatic heterocycles. The molecule has 0 radical (unpaired) electrons. The maximum atomic E-state index is 13.6. The first-order valence-corrected chi connectivity index (χ1v) is 14.3. The number of aryl methyl sites for hydroxylation is 1. The summed E-state index contributed by atoms with van der Waals surface area (Å²) in [6, 6.07) is 17.5. The van der Waals surface area contributed by atoms with Crippen molar-refractivity contribution in [3.63, 3.8) is 0 Å². The number of rotatable bonds is 10. The van der Waals surface area contributed by atoms with Gasteiger partial charge in [0.1, 0.15) is 12.1 Å². The lowest BCUT2D eigenvalue weighted by atomic mass is 10.0. The number of fused-ring (bicyclic) bond motifs is 1. The van der Waals surface area contributed by atoms with E-state index in [1.54, 1.807) is 11.1 Å². The third-order valence-electron chi connectivity index (χ3n) is 8.04. The number of aromatic nitrogens is 1. The predicted molar refractivity (Wildman–Crippen MR) is 179 cm³/mol. The van der Waals surface area contributed by atoms with E-state index in [0.29, 0.717) is 37.5 Å². The smallest absolute Gasteiger partial charge is 0.249 e. The van der Waals surface area contributed by atoms with Crippen LogP contribution in [0.3, 0.4) is 0 Å². The van der Waals surface area contributed by atoms with E-state index in [1.165, 1.54) is 0 Å². The first-order valence-electron chi connectivity index (χ1n) is 14.3. The number of hydrogen-bond donors (Lipinski definition) is 5. The fourth-order valence-electron chi connectivity index (χ4n) is 5.83. The van der Waals surface area contributed by atoms with Gasteiger partial charge >= 0.3 is 0 Å². The fourth-order valence-corrected chi connectivity index (χ4v) is 5.83. The Bertz CT molecular complexity index is 1380. The molecule has 2 fully saturated rings. The number of nitrogens with two attached hydrogens (primary N) is 1. The Morgan fingerprint density at radius 3 is 2.52 bits per heavy atom. The maximum absolute atomic E-state index is 13.6. The number of pyridine rings is 1. The number of anilines is 1. The average molecular weight is 668 g/mol. The second-order valence-electron chi connectivity index (χ2n) is 11.0. The van der Waals surface area contributed by atoms with Gasteiger partial charge in [-0.2, -0.15) is 0 Å². The number of amides is 3. The zero-order valence-corrected chi connectivity index (χ0v) is 26.7. The molecule has 1 aromatic heterocycles. The van der Waals surface area contributed by atoms with E-state index >= 15 is 0 Å². The highest BCUT2D eigenvalue weighted by molar-refractivity contribution is 5.99. The Morgan fingerprint density at radius 2 is 1.77 bits per heavy atom. The second-order valence-corrected chi connectivity index (χ2v) is 11.0. The molecule has 10 nitrogen and oxygen atoms in total. The number of aliphatic hydroxyl groups excluding tert-OH is 1. The van der Waals surface area contributed by atoms with E-state index in [-0.39, 0.29) is 68.4 Å². The fraction of sp³-hybridized carbons (Fsp3) is 0.419. The van der Waals surface area contributed by atoms with E-state index in [2.05, 4.69) is 20.9 Å². The molecule has 0 bridgehead atoms. The van der Waals surface area contributed by atoms with Gasteiger partial charge in [0.2, 0.25) is 17.7 Å². The minimum absolute atomic E-state index is 0. The lowest BCUT2D eigenvalue weighted by Crippen LogP contribution is -2.50. The Hall–Kier alpha value is -2.99. The minimum Gasteiger partial charge on any atom is -0.383 e. The van der Waals surface area contributed by atoms with Crippen LogP contribution in [0.15, 0.2) is 66.9 Å². The largest absolute Gasteiger partial charge is 0.383 e. The van der Waals surface area contributed by atoms with E-state index in [4.69, 9.17) is 5.73 Å². The van der Waals surface area contributed by atoms with Gasteiger partial charge in [-0.1, -0.05) is 48.5 Å². The number of benzene rings is 2. The van der Waals surface area contributed by atoms with Crippen molar-refractivity contribution in [2.45, 2.75) is 56.3 Å². The molecule has 6 N–H and O–H groups in total. The van der Waals surface area contributed by atoms with Crippen LogP contribution in [0.5, 0.6) is 0 Å². The van der Waals surface area contributed by atoms with Crippen molar-refractivity contribution in [2.75, 3.05) is 25.0 Å². The molecule has 5 atom stereocenters. The highest BCUT2D eigenvalue weighted by Gasteiger charge is 2.44. The summed E-state index contributed by atoms with van der Waals surface area (Å²) < 4.78 is 0. The molecular formula is C31H41Cl3N6O4. The molecule has 5 rings (SSSR count). The quantitative estimate of drug-likeness (QED) is 0.223. The lowest BCUT2D eigenvalue weighted by Gasteiger charge is -2.26. The van der Waals surface area contributed by atoms with E-state index in [1.807, 2.05) is 60.7 Å². The summed E-state index contributed by atoms with van der Waals surface area (Å²) >= 11 is 0. The number of halogens is 3. The van der Waals surface area contributed by atoms with Crippen LogP contribution in [-0.2, 0) is 20.8 Å². The van der Waals surface area contributed by atoms with Crippen molar-refractivity contribution in [3.8, 4) is 0 Å². The Morgan fingerprint density at radius 1 is 1.05 bits per heavy atom. The van der Waals surface area contributed by atoms with Crippen LogP contribution in [0, 0.1) is 5.92 Å². The zero-order valence-electron chi connectivity index (χ0n) is 24.3. The van der Waals surface area contributed by atoms with Crippen LogP contribution >= 0.6 is 37.2 Å². The Balaban J connectivity index is 0.00000225. The van der Waals surface area contributed by atoms with Crippen molar-refractivity contribution in [1.82, 2.24) is 20.5 Å². The summed E-state index contributed by atoms with van der Waals surface area (Å²) in [5.74, 6) is -0.695. The summed E-state index contributed by atoms with van der Waals surface area (Å²) in [5, 5.41) is 20.5. The van der Waals surface area contributed by atoms with Gasteiger partial charge in [-0.25, -0.2) is 0 Å². The molecule has 2 saturated heterocycles. The molecule has 13 heteroatoms. The van der Waals surface area contributed by atoms with Crippen LogP contribution in [0.2, 0.25) is 0 Å². The summed E-state index contributed by atoms with van der Waals surface area (Å²) in [6.45, 7) is 1.45. The summed E-state index contributed by atoms with van der Waals surface area (Å²) in [7, 11) is 0. The molecule has 2 aliphatic rings.